The lowest BCUT2D eigenvalue weighted by Gasteiger charge is -2.05. The highest BCUT2D eigenvalue weighted by Gasteiger charge is 2.10. The van der Waals surface area contributed by atoms with Crippen molar-refractivity contribution in [3.63, 3.8) is 0 Å². The van der Waals surface area contributed by atoms with E-state index in [0.29, 0.717) is 22.6 Å². The van der Waals surface area contributed by atoms with Crippen molar-refractivity contribution in [2.75, 3.05) is 0 Å². The van der Waals surface area contributed by atoms with Gasteiger partial charge in [-0.1, -0.05) is 24.3 Å². The zero-order chi connectivity index (χ0) is 23.6. The van der Waals surface area contributed by atoms with E-state index in [4.69, 9.17) is 14.7 Å². The van der Waals surface area contributed by atoms with Crippen molar-refractivity contribution in [2.45, 2.75) is 11.4 Å². The summed E-state index contributed by atoms with van der Waals surface area (Å²) in [6.45, 7) is -0.314. The molecule has 0 atom stereocenters. The molecule has 0 heterocycles. The van der Waals surface area contributed by atoms with Gasteiger partial charge in [0.2, 0.25) is 6.54 Å². The number of esters is 2. The number of thiocyanates is 1. The summed E-state index contributed by atoms with van der Waals surface area (Å²) in [5.74, 6) is -0.481. The summed E-state index contributed by atoms with van der Waals surface area (Å²) in [7, 11) is 0. The maximum absolute atomic E-state index is 12.2. The molecule has 9 heteroatoms. The number of nitriles is 1. The smallest absolute Gasteiger partial charge is 0.343 e. The molecule has 0 radical (unpaired) electrons. The highest BCUT2D eigenvalue weighted by molar-refractivity contribution is 8.03. The first-order valence-electron chi connectivity index (χ1n) is 9.52. The number of rotatable bonds is 8. The Hall–Kier alpha value is -4.42. The van der Waals surface area contributed by atoms with Crippen molar-refractivity contribution in [2.24, 2.45) is 0 Å². The van der Waals surface area contributed by atoms with Gasteiger partial charge in [0.15, 0.2) is 0 Å². The lowest BCUT2D eigenvalue weighted by Crippen LogP contribution is -2.08. The number of carbonyl (C=O) groups is 2. The Morgan fingerprint density at radius 2 is 1.55 bits per heavy atom. The number of carbonyl (C=O) groups excluding carboxylic acids is 2. The molecule has 3 aromatic rings. The van der Waals surface area contributed by atoms with Crippen LogP contribution in [0, 0.1) is 20.8 Å². The molecule has 0 aliphatic heterocycles. The molecule has 8 nitrogen and oxygen atoms in total. The Morgan fingerprint density at radius 3 is 2.15 bits per heavy atom. The van der Waals surface area contributed by atoms with E-state index in [-0.39, 0.29) is 12.1 Å². The van der Waals surface area contributed by atoms with Gasteiger partial charge in [0.1, 0.15) is 16.9 Å². The molecule has 0 spiro atoms. The molecule has 0 fully saturated rings. The van der Waals surface area contributed by atoms with Crippen LogP contribution in [0.2, 0.25) is 0 Å². The minimum atomic E-state index is -0.589. The van der Waals surface area contributed by atoms with Crippen LogP contribution in [-0.4, -0.2) is 16.9 Å². The van der Waals surface area contributed by atoms with Gasteiger partial charge in [-0.3, -0.25) is 10.1 Å². The topological polar surface area (TPSA) is 120 Å². The van der Waals surface area contributed by atoms with Crippen molar-refractivity contribution in [3.05, 3.63) is 106 Å². The zero-order valence-corrected chi connectivity index (χ0v) is 17.9. The van der Waals surface area contributed by atoms with E-state index < -0.39 is 16.9 Å². The summed E-state index contributed by atoms with van der Waals surface area (Å²) in [6.07, 6.45) is 2.83. The van der Waals surface area contributed by atoms with E-state index >= 15 is 0 Å². The minimum absolute atomic E-state index is 0.271. The van der Waals surface area contributed by atoms with E-state index in [1.807, 2.05) is 5.40 Å². The highest BCUT2D eigenvalue weighted by Crippen LogP contribution is 2.21. The number of benzene rings is 3. The lowest BCUT2D eigenvalue weighted by molar-refractivity contribution is -0.496. The number of nitro groups is 1. The van der Waals surface area contributed by atoms with Gasteiger partial charge in [-0.2, -0.15) is 5.26 Å². The normalized spacial score (nSPS) is 10.4. The highest BCUT2D eigenvalue weighted by atomic mass is 32.2. The molecular formula is C24H16N2O6S. The number of thioether (sulfide) groups is 1. The van der Waals surface area contributed by atoms with Crippen LogP contribution < -0.4 is 9.47 Å². The Labute approximate surface area is 193 Å². The van der Waals surface area contributed by atoms with Crippen molar-refractivity contribution >= 4 is 29.8 Å². The van der Waals surface area contributed by atoms with E-state index in [9.17, 15) is 19.7 Å². The standard InChI is InChI=1S/C24H16N2O6S/c25-16-33-22-12-10-20(11-13-22)31-23(27)14-5-17-3-8-21(9-4-17)32-24(28)19-6-1-18(2-7-19)15-26(29)30/h1-14H,15H2/b14-5+. The van der Waals surface area contributed by atoms with Gasteiger partial charge in [0.25, 0.3) is 0 Å². The molecule has 0 unspecified atom stereocenters. The Bertz CT molecular complexity index is 1210. The average Bonchev–Trinajstić information content (AvgIpc) is 2.80. The van der Waals surface area contributed by atoms with Gasteiger partial charge in [-0.25, -0.2) is 9.59 Å². The summed E-state index contributed by atoms with van der Waals surface area (Å²) in [6, 6.07) is 19.0. The molecule has 0 saturated carbocycles. The maximum Gasteiger partial charge on any atom is 0.343 e. The van der Waals surface area contributed by atoms with Crippen LogP contribution in [0.4, 0.5) is 0 Å². The number of hydrogen-bond acceptors (Lipinski definition) is 8. The van der Waals surface area contributed by atoms with E-state index in [0.717, 1.165) is 16.7 Å². The fraction of sp³-hybridized carbons (Fsp3) is 0.0417. The summed E-state index contributed by atoms with van der Waals surface area (Å²) in [5, 5.41) is 21.1. The van der Waals surface area contributed by atoms with Crippen LogP contribution in [0.15, 0.2) is 83.8 Å². The first-order valence-corrected chi connectivity index (χ1v) is 10.3. The second-order valence-corrected chi connectivity index (χ2v) is 7.42. The molecule has 0 aromatic heterocycles. The molecule has 0 bridgehead atoms. The van der Waals surface area contributed by atoms with Crippen molar-refractivity contribution in [1.29, 1.82) is 5.26 Å². The number of ether oxygens (including phenoxy) is 2. The van der Waals surface area contributed by atoms with Crippen molar-refractivity contribution < 1.29 is 24.0 Å². The summed E-state index contributed by atoms with van der Waals surface area (Å²) >= 11 is 1.01. The second kappa shape index (κ2) is 11.3. The molecule has 3 aromatic carbocycles. The Morgan fingerprint density at radius 1 is 0.939 bits per heavy atom. The molecule has 0 saturated heterocycles. The SMILES string of the molecule is N#CSc1ccc(OC(=O)/C=C/c2ccc(OC(=O)c3ccc(C[N+](=O)[O-])cc3)cc2)cc1. The molecule has 0 aliphatic rings. The second-order valence-electron chi connectivity index (χ2n) is 6.57. The van der Waals surface area contributed by atoms with Crippen molar-refractivity contribution in [3.8, 4) is 16.9 Å². The largest absolute Gasteiger partial charge is 0.423 e. The molecular weight excluding hydrogens is 444 g/mol. The third kappa shape index (κ3) is 7.34. The molecule has 0 amide bonds. The van der Waals surface area contributed by atoms with Crippen LogP contribution >= 0.6 is 11.8 Å². The Kier molecular flexibility index (Phi) is 7.94. The fourth-order valence-electron chi connectivity index (χ4n) is 2.65. The van der Waals surface area contributed by atoms with Gasteiger partial charge in [-0.15, -0.1) is 0 Å². The van der Waals surface area contributed by atoms with Crippen LogP contribution in [0.25, 0.3) is 6.08 Å². The van der Waals surface area contributed by atoms with Gasteiger partial charge in [-0.05, 0) is 71.9 Å². The van der Waals surface area contributed by atoms with Crippen LogP contribution in [0.5, 0.6) is 11.5 Å². The predicted octanol–water partition coefficient (Wildman–Crippen LogP) is 4.87. The minimum Gasteiger partial charge on any atom is -0.423 e. The third-order valence-corrected chi connectivity index (χ3v) is 4.81. The quantitative estimate of drug-likeness (QED) is 0.0888. The van der Waals surface area contributed by atoms with Crippen LogP contribution in [0.3, 0.4) is 0 Å². The number of hydrogen-bond donors (Lipinski definition) is 0. The Balaban J connectivity index is 1.53. The summed E-state index contributed by atoms with van der Waals surface area (Å²) in [5.41, 5.74) is 1.45. The zero-order valence-electron chi connectivity index (χ0n) is 17.0. The van der Waals surface area contributed by atoms with E-state index in [1.165, 1.54) is 30.3 Å². The van der Waals surface area contributed by atoms with Gasteiger partial charge < -0.3 is 9.47 Å². The van der Waals surface area contributed by atoms with Crippen LogP contribution in [-0.2, 0) is 11.3 Å². The first-order chi connectivity index (χ1) is 15.9. The molecule has 164 valence electrons. The lowest BCUT2D eigenvalue weighted by atomic mass is 10.1. The fourth-order valence-corrected chi connectivity index (χ4v) is 3.03. The third-order valence-electron chi connectivity index (χ3n) is 4.21. The van der Waals surface area contributed by atoms with Gasteiger partial charge >= 0.3 is 11.9 Å². The van der Waals surface area contributed by atoms with Crippen LogP contribution in [0.1, 0.15) is 21.5 Å². The molecule has 0 N–H and O–H groups in total. The van der Waals surface area contributed by atoms with Gasteiger partial charge in [0, 0.05) is 21.5 Å². The van der Waals surface area contributed by atoms with Crippen molar-refractivity contribution in [1.82, 2.24) is 0 Å². The number of nitrogens with zero attached hydrogens (tertiary/aromatic N) is 2. The summed E-state index contributed by atoms with van der Waals surface area (Å²) < 4.78 is 10.5. The van der Waals surface area contributed by atoms with E-state index in [1.54, 1.807) is 54.6 Å². The predicted molar refractivity (Wildman–Crippen MR) is 121 cm³/mol. The summed E-state index contributed by atoms with van der Waals surface area (Å²) in [4.78, 5) is 35.0. The average molecular weight is 460 g/mol. The monoisotopic (exact) mass is 460 g/mol. The van der Waals surface area contributed by atoms with E-state index in [2.05, 4.69) is 0 Å². The molecule has 33 heavy (non-hydrogen) atoms. The first kappa shape index (κ1) is 23.2. The maximum atomic E-state index is 12.2. The van der Waals surface area contributed by atoms with Gasteiger partial charge in [0.05, 0.1) is 5.56 Å². The molecule has 0 aliphatic carbocycles. The molecule has 3 rings (SSSR count).